The van der Waals surface area contributed by atoms with Crippen LogP contribution in [0.1, 0.15) is 43.1 Å². The smallest absolute Gasteiger partial charge is 0.195 e. The molecule has 2 aliphatic rings. The number of hydrogen-bond acceptors (Lipinski definition) is 3. The molecule has 1 aliphatic carbocycles. The molecule has 0 bridgehead atoms. The second-order valence-corrected chi connectivity index (χ2v) is 10.4. The number of ether oxygens (including phenoxy) is 1. The van der Waals surface area contributed by atoms with Crippen LogP contribution in [0.25, 0.3) is 28.0 Å². The van der Waals surface area contributed by atoms with Crippen LogP contribution < -0.4 is 4.74 Å². The average Bonchev–Trinajstić information content (AvgIpc) is 3.52. The van der Waals surface area contributed by atoms with Crippen molar-refractivity contribution in [1.82, 2.24) is 0 Å². The monoisotopic (exact) mass is 470 g/mol. The summed E-state index contributed by atoms with van der Waals surface area (Å²) in [5.41, 5.74) is 7.01. The molecule has 35 heavy (non-hydrogen) atoms. The first-order valence-electron chi connectivity index (χ1n) is 11.8. The van der Waals surface area contributed by atoms with Gasteiger partial charge in [-0.1, -0.05) is 71.8 Å². The number of carbonyl (C=O) groups is 1. The molecule has 7 rings (SSSR count). The van der Waals surface area contributed by atoms with Crippen LogP contribution in [0.2, 0.25) is 0 Å². The van der Waals surface area contributed by atoms with Crippen LogP contribution in [0.4, 0.5) is 0 Å². The summed E-state index contributed by atoms with van der Waals surface area (Å²) in [5.74, 6) is 0.856. The zero-order valence-corrected chi connectivity index (χ0v) is 20.3. The first-order chi connectivity index (χ1) is 17.1. The van der Waals surface area contributed by atoms with Gasteiger partial charge in [-0.2, -0.15) is 0 Å². The van der Waals surface area contributed by atoms with Crippen molar-refractivity contribution >= 4 is 34.0 Å². The lowest BCUT2D eigenvalue weighted by molar-refractivity contribution is 0.104. The third-order valence-corrected chi connectivity index (χ3v) is 8.19. The SMILES string of the molecule is Cc1ccc2c(c1)C(=O)c1c3c(c4cc(C)ccc4c1-2)OC(c1ccccc1)(c1cccs1)C=C3. The number of benzene rings is 4. The fourth-order valence-electron chi connectivity index (χ4n) is 5.58. The van der Waals surface area contributed by atoms with Gasteiger partial charge in [-0.25, -0.2) is 0 Å². The highest BCUT2D eigenvalue weighted by Gasteiger charge is 2.42. The molecule has 5 aromatic rings. The van der Waals surface area contributed by atoms with E-state index < -0.39 is 5.60 Å². The fraction of sp³-hybridized carbons (Fsp3) is 0.0938. The second-order valence-electron chi connectivity index (χ2n) is 9.43. The van der Waals surface area contributed by atoms with Gasteiger partial charge in [-0.05, 0) is 60.5 Å². The number of fused-ring (bicyclic) bond motifs is 8. The molecule has 0 saturated carbocycles. The van der Waals surface area contributed by atoms with Gasteiger partial charge in [-0.3, -0.25) is 4.79 Å². The van der Waals surface area contributed by atoms with Crippen LogP contribution in [-0.2, 0) is 5.60 Å². The van der Waals surface area contributed by atoms with E-state index >= 15 is 0 Å². The summed E-state index contributed by atoms with van der Waals surface area (Å²) < 4.78 is 7.09. The minimum absolute atomic E-state index is 0.0778. The molecule has 0 radical (unpaired) electrons. The largest absolute Gasteiger partial charge is 0.471 e. The molecule has 0 amide bonds. The summed E-state index contributed by atoms with van der Waals surface area (Å²) in [5, 5.41) is 4.19. The van der Waals surface area contributed by atoms with Gasteiger partial charge in [0.1, 0.15) is 5.75 Å². The normalized spacial score (nSPS) is 17.7. The average molecular weight is 471 g/mol. The number of hydrogen-bond donors (Lipinski definition) is 0. The van der Waals surface area contributed by atoms with E-state index in [4.69, 9.17) is 4.74 Å². The van der Waals surface area contributed by atoms with E-state index in [1.54, 1.807) is 11.3 Å². The molecule has 1 atom stereocenters. The standard InChI is InChI=1S/C32H22O2S/c1-19-10-12-22-25(17-19)30(33)29-24-14-15-32(27-9-6-16-35-27,21-7-4-3-5-8-21)34-31(24)26-18-20(2)11-13-23(26)28(22)29/h3-18H,1-2H3. The summed E-state index contributed by atoms with van der Waals surface area (Å²) in [6, 6.07) is 27.2. The molecule has 1 aromatic heterocycles. The second kappa shape index (κ2) is 7.27. The van der Waals surface area contributed by atoms with Gasteiger partial charge < -0.3 is 4.74 Å². The van der Waals surface area contributed by atoms with Gasteiger partial charge in [-0.15, -0.1) is 11.3 Å². The summed E-state index contributed by atoms with van der Waals surface area (Å²) in [7, 11) is 0. The molecule has 1 aliphatic heterocycles. The van der Waals surface area contributed by atoms with E-state index in [2.05, 4.69) is 79.1 Å². The van der Waals surface area contributed by atoms with E-state index in [-0.39, 0.29) is 5.78 Å². The molecule has 3 heteroatoms. The van der Waals surface area contributed by atoms with E-state index in [9.17, 15) is 4.79 Å². The molecule has 168 valence electrons. The molecule has 1 unspecified atom stereocenters. The summed E-state index contributed by atoms with van der Waals surface area (Å²) in [6.07, 6.45) is 4.24. The van der Waals surface area contributed by atoms with Crippen molar-refractivity contribution in [2.45, 2.75) is 19.4 Å². The maximum Gasteiger partial charge on any atom is 0.195 e. The third-order valence-electron chi connectivity index (χ3n) is 7.21. The van der Waals surface area contributed by atoms with Crippen LogP contribution in [0, 0.1) is 13.8 Å². The van der Waals surface area contributed by atoms with E-state index in [1.165, 1.54) is 0 Å². The van der Waals surface area contributed by atoms with E-state index in [0.29, 0.717) is 0 Å². The number of ketones is 1. The molecule has 0 spiro atoms. The Morgan fingerprint density at radius 3 is 2.37 bits per heavy atom. The molecular formula is C32H22O2S. The fourth-order valence-corrected chi connectivity index (χ4v) is 6.44. The Labute approximate surface area is 208 Å². The Hall–Kier alpha value is -3.95. The Morgan fingerprint density at radius 1 is 0.771 bits per heavy atom. The van der Waals surface area contributed by atoms with Crippen LogP contribution in [-0.4, -0.2) is 5.78 Å². The lowest BCUT2D eigenvalue weighted by atomic mass is 9.85. The topological polar surface area (TPSA) is 26.3 Å². The van der Waals surface area contributed by atoms with Crippen LogP contribution >= 0.6 is 11.3 Å². The molecule has 0 N–H and O–H groups in total. The van der Waals surface area contributed by atoms with Crippen LogP contribution in [0.3, 0.4) is 0 Å². The zero-order chi connectivity index (χ0) is 23.7. The van der Waals surface area contributed by atoms with Crippen molar-refractivity contribution in [2.75, 3.05) is 0 Å². The van der Waals surface area contributed by atoms with Gasteiger partial charge in [0.25, 0.3) is 0 Å². The zero-order valence-electron chi connectivity index (χ0n) is 19.5. The molecule has 2 nitrogen and oxygen atoms in total. The Bertz CT molecular complexity index is 1690. The first-order valence-corrected chi connectivity index (χ1v) is 12.7. The summed E-state index contributed by atoms with van der Waals surface area (Å²) in [4.78, 5) is 14.9. The van der Waals surface area contributed by atoms with Crippen molar-refractivity contribution in [2.24, 2.45) is 0 Å². The van der Waals surface area contributed by atoms with Crippen LogP contribution in [0.15, 0.2) is 90.3 Å². The van der Waals surface area contributed by atoms with Crippen LogP contribution in [0.5, 0.6) is 5.75 Å². The summed E-state index contributed by atoms with van der Waals surface area (Å²) in [6.45, 7) is 4.13. The quantitative estimate of drug-likeness (QED) is 0.256. The Kier molecular flexibility index (Phi) is 4.24. The highest BCUT2D eigenvalue weighted by molar-refractivity contribution is 7.10. The Balaban J connectivity index is 1.57. The summed E-state index contributed by atoms with van der Waals surface area (Å²) >= 11 is 1.68. The highest BCUT2D eigenvalue weighted by Crippen LogP contribution is 2.53. The Morgan fingerprint density at radius 2 is 1.57 bits per heavy atom. The van der Waals surface area contributed by atoms with Gasteiger partial charge >= 0.3 is 0 Å². The number of carbonyl (C=O) groups excluding carboxylic acids is 1. The number of rotatable bonds is 2. The van der Waals surface area contributed by atoms with Gasteiger partial charge in [0.15, 0.2) is 11.4 Å². The minimum atomic E-state index is -0.752. The predicted molar refractivity (Wildman–Crippen MR) is 143 cm³/mol. The van der Waals surface area contributed by atoms with Crippen molar-refractivity contribution < 1.29 is 9.53 Å². The molecule has 2 heterocycles. The maximum absolute atomic E-state index is 13.8. The predicted octanol–water partition coefficient (Wildman–Crippen LogP) is 8.08. The number of aryl methyl sites for hydroxylation is 2. The molecule has 0 saturated heterocycles. The van der Waals surface area contributed by atoms with Crippen molar-refractivity contribution in [3.63, 3.8) is 0 Å². The third kappa shape index (κ3) is 2.79. The lowest BCUT2D eigenvalue weighted by Gasteiger charge is -2.36. The number of thiophene rings is 1. The molecular weight excluding hydrogens is 448 g/mol. The minimum Gasteiger partial charge on any atom is -0.471 e. The van der Waals surface area contributed by atoms with Crippen molar-refractivity contribution in [3.8, 4) is 16.9 Å². The van der Waals surface area contributed by atoms with Gasteiger partial charge in [0, 0.05) is 33.2 Å². The van der Waals surface area contributed by atoms with E-state index in [0.717, 1.165) is 65.9 Å². The van der Waals surface area contributed by atoms with Gasteiger partial charge in [0.2, 0.25) is 0 Å². The van der Waals surface area contributed by atoms with Crippen molar-refractivity contribution in [1.29, 1.82) is 0 Å². The molecule has 4 aromatic carbocycles. The van der Waals surface area contributed by atoms with Gasteiger partial charge in [0.05, 0.1) is 4.88 Å². The lowest BCUT2D eigenvalue weighted by Crippen LogP contribution is -2.33. The first kappa shape index (κ1) is 20.4. The molecule has 0 fully saturated rings. The van der Waals surface area contributed by atoms with E-state index in [1.807, 2.05) is 31.2 Å². The maximum atomic E-state index is 13.8. The highest BCUT2D eigenvalue weighted by atomic mass is 32.1. The van der Waals surface area contributed by atoms with Crippen molar-refractivity contribution in [3.05, 3.63) is 129 Å².